The molecular weight excluding hydrogens is 244 g/mol. The van der Waals surface area contributed by atoms with Gasteiger partial charge in [-0.3, -0.25) is 9.59 Å². The highest BCUT2D eigenvalue weighted by molar-refractivity contribution is 5.99. The van der Waals surface area contributed by atoms with Gasteiger partial charge in [0.05, 0.1) is 5.56 Å². The summed E-state index contributed by atoms with van der Waals surface area (Å²) in [4.78, 5) is 27.8. The van der Waals surface area contributed by atoms with Gasteiger partial charge in [0, 0.05) is 19.8 Å². The van der Waals surface area contributed by atoms with Gasteiger partial charge in [-0.15, -0.1) is 0 Å². The van der Waals surface area contributed by atoms with E-state index in [2.05, 4.69) is 20.9 Å². The highest BCUT2D eigenvalue weighted by Crippen LogP contribution is 2.16. The predicted octanol–water partition coefficient (Wildman–Crippen LogP) is 0.522. The van der Waals surface area contributed by atoms with Crippen molar-refractivity contribution in [3.05, 3.63) is 23.9 Å². The number of carbonyl (C=O) groups is 2. The van der Waals surface area contributed by atoms with Crippen LogP contribution in [-0.4, -0.2) is 36.4 Å². The van der Waals surface area contributed by atoms with Crippen molar-refractivity contribution < 1.29 is 9.59 Å². The van der Waals surface area contributed by atoms with Gasteiger partial charge in [0.25, 0.3) is 5.91 Å². The van der Waals surface area contributed by atoms with Crippen LogP contribution in [0.4, 0.5) is 5.82 Å². The molecule has 1 aromatic rings. The summed E-state index contributed by atoms with van der Waals surface area (Å²) in [7, 11) is 1.57. The summed E-state index contributed by atoms with van der Waals surface area (Å²) in [5.74, 6) is 0.194. The maximum absolute atomic E-state index is 11.9. The first-order valence-electron chi connectivity index (χ1n) is 6.43. The van der Waals surface area contributed by atoms with Crippen molar-refractivity contribution in [2.45, 2.75) is 25.3 Å². The first-order valence-corrected chi connectivity index (χ1v) is 6.43. The average molecular weight is 262 g/mol. The molecular formula is C13H18N4O2. The van der Waals surface area contributed by atoms with E-state index < -0.39 is 0 Å². The van der Waals surface area contributed by atoms with Gasteiger partial charge in [-0.25, -0.2) is 4.98 Å². The molecule has 0 spiro atoms. The lowest BCUT2D eigenvalue weighted by molar-refractivity contribution is -0.121. The molecule has 1 atom stereocenters. The van der Waals surface area contributed by atoms with Crippen LogP contribution in [0.2, 0.25) is 0 Å². The van der Waals surface area contributed by atoms with E-state index in [1.54, 1.807) is 25.4 Å². The van der Waals surface area contributed by atoms with E-state index in [9.17, 15) is 9.59 Å². The summed E-state index contributed by atoms with van der Waals surface area (Å²) >= 11 is 0. The third kappa shape index (κ3) is 3.21. The summed E-state index contributed by atoms with van der Waals surface area (Å²) in [6.45, 7) is 0.710. The van der Waals surface area contributed by atoms with E-state index in [0.29, 0.717) is 17.9 Å². The van der Waals surface area contributed by atoms with Gasteiger partial charge < -0.3 is 16.0 Å². The number of carbonyl (C=O) groups excluding carboxylic acids is 2. The molecule has 2 amide bonds. The molecule has 1 saturated heterocycles. The number of hydrogen-bond acceptors (Lipinski definition) is 4. The van der Waals surface area contributed by atoms with Gasteiger partial charge in [-0.05, 0) is 31.4 Å². The van der Waals surface area contributed by atoms with Gasteiger partial charge >= 0.3 is 0 Å². The molecule has 0 bridgehead atoms. The quantitative estimate of drug-likeness (QED) is 0.741. The Bertz CT molecular complexity index is 475. The van der Waals surface area contributed by atoms with Crippen molar-refractivity contribution >= 4 is 17.6 Å². The summed E-state index contributed by atoms with van der Waals surface area (Å²) in [5, 5.41) is 8.48. The summed E-state index contributed by atoms with van der Waals surface area (Å²) in [6, 6.07) is 3.05. The molecule has 0 radical (unpaired) electrons. The highest BCUT2D eigenvalue weighted by atomic mass is 16.2. The fraction of sp³-hybridized carbons (Fsp3) is 0.462. The second-order valence-electron chi connectivity index (χ2n) is 4.46. The summed E-state index contributed by atoms with van der Waals surface area (Å²) in [5.41, 5.74) is 0.446. The van der Waals surface area contributed by atoms with Crippen LogP contribution < -0.4 is 16.0 Å². The molecule has 1 aliphatic heterocycles. The van der Waals surface area contributed by atoms with E-state index in [4.69, 9.17) is 0 Å². The Morgan fingerprint density at radius 1 is 1.47 bits per heavy atom. The number of anilines is 1. The Kier molecular flexibility index (Phi) is 4.33. The van der Waals surface area contributed by atoms with Crippen LogP contribution in [-0.2, 0) is 4.79 Å². The zero-order chi connectivity index (χ0) is 13.7. The molecule has 2 rings (SSSR count). The van der Waals surface area contributed by atoms with E-state index in [1.807, 2.05) is 0 Å². The van der Waals surface area contributed by atoms with Gasteiger partial charge in [-0.1, -0.05) is 0 Å². The highest BCUT2D eigenvalue weighted by Gasteiger charge is 2.22. The molecule has 1 aromatic heterocycles. The number of hydrogen-bond donors (Lipinski definition) is 3. The standard InChI is InChI=1S/C13H18N4O2/c1-14-12(18)9-5-4-8-15-11(9)17-10-6-2-3-7-16-13(10)19/h4-5,8,10H,2-3,6-7H2,1H3,(H,14,18)(H,15,17)(H,16,19). The minimum atomic E-state index is -0.333. The van der Waals surface area contributed by atoms with Crippen molar-refractivity contribution in [3.8, 4) is 0 Å². The van der Waals surface area contributed by atoms with Crippen molar-refractivity contribution in [1.29, 1.82) is 0 Å². The monoisotopic (exact) mass is 262 g/mol. The van der Waals surface area contributed by atoms with Crippen LogP contribution in [0.25, 0.3) is 0 Å². The number of rotatable bonds is 3. The molecule has 6 heteroatoms. The second-order valence-corrected chi connectivity index (χ2v) is 4.46. The number of nitrogens with one attached hydrogen (secondary N) is 3. The Balaban J connectivity index is 2.18. The molecule has 19 heavy (non-hydrogen) atoms. The van der Waals surface area contributed by atoms with Gasteiger partial charge in [0.15, 0.2) is 0 Å². The molecule has 0 saturated carbocycles. The maximum Gasteiger partial charge on any atom is 0.254 e. The SMILES string of the molecule is CNC(=O)c1cccnc1NC1CCCCNC1=O. The van der Waals surface area contributed by atoms with E-state index in [1.165, 1.54) is 0 Å². The Labute approximate surface area is 112 Å². The molecule has 6 nitrogen and oxygen atoms in total. The molecule has 0 aromatic carbocycles. The molecule has 1 aliphatic rings. The molecule has 3 N–H and O–H groups in total. The fourth-order valence-electron chi connectivity index (χ4n) is 2.08. The molecule has 1 unspecified atom stereocenters. The van der Waals surface area contributed by atoms with E-state index >= 15 is 0 Å². The molecule has 2 heterocycles. The van der Waals surface area contributed by atoms with E-state index in [0.717, 1.165) is 19.3 Å². The number of pyridine rings is 1. The zero-order valence-corrected chi connectivity index (χ0v) is 10.9. The lowest BCUT2D eigenvalue weighted by atomic mass is 10.1. The molecule has 102 valence electrons. The lowest BCUT2D eigenvalue weighted by Gasteiger charge is -2.17. The summed E-state index contributed by atoms with van der Waals surface area (Å²) in [6.07, 6.45) is 4.30. The third-order valence-corrected chi connectivity index (χ3v) is 3.13. The van der Waals surface area contributed by atoms with E-state index in [-0.39, 0.29) is 17.9 Å². The first kappa shape index (κ1) is 13.3. The number of nitrogens with zero attached hydrogens (tertiary/aromatic N) is 1. The van der Waals surface area contributed by atoms with Crippen LogP contribution in [0.3, 0.4) is 0 Å². The fourth-order valence-corrected chi connectivity index (χ4v) is 2.08. The Morgan fingerprint density at radius 2 is 2.32 bits per heavy atom. The van der Waals surface area contributed by atoms with Gasteiger partial charge in [0.2, 0.25) is 5.91 Å². The Morgan fingerprint density at radius 3 is 3.11 bits per heavy atom. The zero-order valence-electron chi connectivity index (χ0n) is 10.9. The van der Waals surface area contributed by atoms with Gasteiger partial charge in [-0.2, -0.15) is 0 Å². The normalized spacial score (nSPS) is 19.2. The smallest absolute Gasteiger partial charge is 0.254 e. The van der Waals surface area contributed by atoms with Crippen LogP contribution in [0.15, 0.2) is 18.3 Å². The van der Waals surface area contributed by atoms with Gasteiger partial charge in [0.1, 0.15) is 11.9 Å². The third-order valence-electron chi connectivity index (χ3n) is 3.13. The maximum atomic E-state index is 11.9. The summed E-state index contributed by atoms with van der Waals surface area (Å²) < 4.78 is 0. The largest absolute Gasteiger partial charge is 0.358 e. The molecule has 1 fully saturated rings. The second kappa shape index (κ2) is 6.17. The van der Waals surface area contributed by atoms with Crippen molar-refractivity contribution in [1.82, 2.24) is 15.6 Å². The average Bonchev–Trinajstić information content (AvgIpc) is 2.64. The van der Waals surface area contributed by atoms with Crippen LogP contribution in [0, 0.1) is 0 Å². The van der Waals surface area contributed by atoms with Crippen molar-refractivity contribution in [3.63, 3.8) is 0 Å². The van der Waals surface area contributed by atoms with Crippen molar-refractivity contribution in [2.24, 2.45) is 0 Å². The van der Waals surface area contributed by atoms with Crippen molar-refractivity contribution in [2.75, 3.05) is 18.9 Å². The molecule has 0 aliphatic carbocycles. The van der Waals surface area contributed by atoms with Crippen LogP contribution in [0.1, 0.15) is 29.6 Å². The predicted molar refractivity (Wildman–Crippen MR) is 71.9 cm³/mol. The number of amides is 2. The first-order chi connectivity index (χ1) is 9.22. The minimum absolute atomic E-state index is 0.0361. The lowest BCUT2D eigenvalue weighted by Crippen LogP contribution is -2.38. The van der Waals surface area contributed by atoms with Crippen LogP contribution in [0.5, 0.6) is 0 Å². The number of aromatic nitrogens is 1. The topological polar surface area (TPSA) is 83.1 Å². The van der Waals surface area contributed by atoms with Crippen LogP contribution >= 0.6 is 0 Å². The minimum Gasteiger partial charge on any atom is -0.358 e. The Hall–Kier alpha value is -2.11.